The van der Waals surface area contributed by atoms with E-state index >= 15 is 0 Å². The molecule has 2 saturated heterocycles. The van der Waals surface area contributed by atoms with Crippen LogP contribution in [0.3, 0.4) is 0 Å². The van der Waals surface area contributed by atoms with E-state index in [2.05, 4.69) is 15.8 Å². The Morgan fingerprint density at radius 3 is 2.21 bits per heavy atom. The Hall–Kier alpha value is -3.39. The molecule has 0 unspecified atom stereocenters. The smallest absolute Gasteiger partial charge is 0.410 e. The summed E-state index contributed by atoms with van der Waals surface area (Å²) in [5, 5.41) is 10.6. The van der Waals surface area contributed by atoms with E-state index in [4.69, 9.17) is 9.57 Å². The lowest BCUT2D eigenvalue weighted by atomic mass is 10.0. The number of rotatable bonds is 7. The van der Waals surface area contributed by atoms with Crippen molar-refractivity contribution in [3.8, 4) is 0 Å². The molecule has 4 rings (SSSR count). The van der Waals surface area contributed by atoms with Crippen LogP contribution < -0.4 is 10.6 Å². The van der Waals surface area contributed by atoms with Crippen molar-refractivity contribution in [3.05, 3.63) is 71.8 Å². The lowest BCUT2D eigenvalue weighted by Gasteiger charge is -2.33. The Morgan fingerprint density at radius 1 is 0.941 bits per heavy atom. The third kappa shape index (κ3) is 7.05. The van der Waals surface area contributed by atoms with E-state index in [-0.39, 0.29) is 30.7 Å². The molecule has 2 aliphatic rings. The molecule has 0 aromatic heterocycles. The zero-order valence-corrected chi connectivity index (χ0v) is 19.3. The Kier molecular flexibility index (Phi) is 8.51. The summed E-state index contributed by atoms with van der Waals surface area (Å²) in [6.45, 7) is 2.40. The van der Waals surface area contributed by atoms with Crippen LogP contribution in [-0.4, -0.2) is 54.3 Å². The molecule has 0 saturated carbocycles. The second-order valence-electron chi connectivity index (χ2n) is 8.70. The molecule has 2 fully saturated rings. The van der Waals surface area contributed by atoms with Gasteiger partial charge in [0.2, 0.25) is 5.91 Å². The molecule has 0 radical (unpaired) electrons. The van der Waals surface area contributed by atoms with Crippen molar-refractivity contribution in [1.29, 1.82) is 0 Å². The molecule has 0 bridgehead atoms. The standard InChI is InChI=1S/C26H32N4O4/c31-25(24-12-11-23(17-27-24)29-34-19-21-9-5-2-6-10-21)28-22-13-15-30(16-14-22)26(32)33-18-20-7-3-1-4-8-20/h1-10,22,24,27H,11-19H2,(H,28,31)/t24-/m0/s1. The van der Waals surface area contributed by atoms with Gasteiger partial charge in [-0.25, -0.2) is 4.79 Å². The number of hydrogen-bond donors (Lipinski definition) is 2. The average Bonchev–Trinajstić information content (AvgIpc) is 2.89. The Labute approximate surface area is 200 Å². The SMILES string of the molecule is O=C(NC1CCN(C(=O)OCc2ccccc2)CC1)[C@@H]1CCC(=NOCc2ccccc2)CN1. The topological polar surface area (TPSA) is 92.3 Å². The van der Waals surface area contributed by atoms with Gasteiger partial charge in [-0.1, -0.05) is 65.8 Å². The number of nitrogens with one attached hydrogen (secondary N) is 2. The average molecular weight is 465 g/mol. The van der Waals surface area contributed by atoms with Crippen molar-refractivity contribution >= 4 is 17.7 Å². The highest BCUT2D eigenvalue weighted by Gasteiger charge is 2.28. The Bertz CT molecular complexity index is 949. The first-order valence-electron chi connectivity index (χ1n) is 11.9. The van der Waals surface area contributed by atoms with Crippen LogP contribution in [-0.2, 0) is 27.6 Å². The second kappa shape index (κ2) is 12.2. The predicted octanol–water partition coefficient (Wildman–Crippen LogP) is 3.23. The molecule has 2 heterocycles. The summed E-state index contributed by atoms with van der Waals surface area (Å²) in [6.07, 6.45) is 2.55. The lowest BCUT2D eigenvalue weighted by Crippen LogP contribution is -2.53. The fourth-order valence-electron chi connectivity index (χ4n) is 4.14. The summed E-state index contributed by atoms with van der Waals surface area (Å²) >= 11 is 0. The Morgan fingerprint density at radius 2 is 1.59 bits per heavy atom. The highest BCUT2D eigenvalue weighted by Crippen LogP contribution is 2.14. The molecule has 2 aromatic carbocycles. The molecule has 0 aliphatic carbocycles. The number of oxime groups is 1. The molecular weight excluding hydrogens is 432 g/mol. The van der Waals surface area contributed by atoms with Gasteiger partial charge in [0.05, 0.1) is 11.8 Å². The summed E-state index contributed by atoms with van der Waals surface area (Å²) < 4.78 is 5.41. The zero-order valence-electron chi connectivity index (χ0n) is 19.3. The molecule has 2 N–H and O–H groups in total. The van der Waals surface area contributed by atoms with Gasteiger partial charge in [0.1, 0.15) is 13.2 Å². The summed E-state index contributed by atoms with van der Waals surface area (Å²) in [7, 11) is 0. The van der Waals surface area contributed by atoms with E-state index in [1.54, 1.807) is 4.90 Å². The molecule has 1 atom stereocenters. The minimum atomic E-state index is -0.302. The number of carbonyl (C=O) groups is 2. The molecule has 0 spiro atoms. The first kappa shape index (κ1) is 23.8. The van der Waals surface area contributed by atoms with Crippen LogP contribution in [0.2, 0.25) is 0 Å². The number of hydrogen-bond acceptors (Lipinski definition) is 6. The maximum atomic E-state index is 12.7. The highest BCUT2D eigenvalue weighted by molar-refractivity contribution is 5.90. The number of ether oxygens (including phenoxy) is 1. The van der Waals surface area contributed by atoms with Gasteiger partial charge in [-0.2, -0.15) is 0 Å². The lowest BCUT2D eigenvalue weighted by molar-refractivity contribution is -0.124. The van der Waals surface area contributed by atoms with E-state index < -0.39 is 0 Å². The highest BCUT2D eigenvalue weighted by atomic mass is 16.6. The van der Waals surface area contributed by atoms with Crippen LogP contribution in [0, 0.1) is 0 Å². The van der Waals surface area contributed by atoms with Gasteiger partial charge in [-0.05, 0) is 36.8 Å². The van der Waals surface area contributed by atoms with Crippen molar-refractivity contribution in [2.75, 3.05) is 19.6 Å². The molecule has 34 heavy (non-hydrogen) atoms. The minimum absolute atomic E-state index is 0.00866. The molecule has 8 nitrogen and oxygen atoms in total. The van der Waals surface area contributed by atoms with Crippen LogP contribution in [0.5, 0.6) is 0 Å². The van der Waals surface area contributed by atoms with E-state index in [1.807, 2.05) is 60.7 Å². The van der Waals surface area contributed by atoms with Gasteiger partial charge in [0.15, 0.2) is 0 Å². The number of carbonyl (C=O) groups excluding carboxylic acids is 2. The van der Waals surface area contributed by atoms with Crippen molar-refractivity contribution in [3.63, 3.8) is 0 Å². The van der Waals surface area contributed by atoms with Crippen molar-refractivity contribution in [2.45, 2.75) is 51.0 Å². The van der Waals surface area contributed by atoms with Crippen molar-refractivity contribution < 1.29 is 19.2 Å². The summed E-state index contributed by atoms with van der Waals surface area (Å²) in [5.41, 5.74) is 2.96. The largest absolute Gasteiger partial charge is 0.445 e. The summed E-state index contributed by atoms with van der Waals surface area (Å²) in [4.78, 5) is 32.2. The van der Waals surface area contributed by atoms with Gasteiger partial charge in [0, 0.05) is 25.7 Å². The number of benzene rings is 2. The number of likely N-dealkylation sites (tertiary alicyclic amines) is 1. The van der Waals surface area contributed by atoms with Gasteiger partial charge >= 0.3 is 6.09 Å². The first-order valence-corrected chi connectivity index (χ1v) is 11.9. The van der Waals surface area contributed by atoms with Crippen LogP contribution in [0.15, 0.2) is 65.8 Å². The van der Waals surface area contributed by atoms with Gasteiger partial charge in [0.25, 0.3) is 0 Å². The van der Waals surface area contributed by atoms with E-state index in [0.717, 1.165) is 36.1 Å². The van der Waals surface area contributed by atoms with Crippen LogP contribution in [0.4, 0.5) is 4.79 Å². The first-order chi connectivity index (χ1) is 16.7. The maximum Gasteiger partial charge on any atom is 0.410 e. The molecule has 180 valence electrons. The monoisotopic (exact) mass is 464 g/mol. The van der Waals surface area contributed by atoms with Gasteiger partial charge in [-0.15, -0.1) is 0 Å². The molecule has 2 aromatic rings. The molecule has 2 aliphatic heterocycles. The van der Waals surface area contributed by atoms with E-state index in [1.165, 1.54) is 0 Å². The fourth-order valence-corrected chi connectivity index (χ4v) is 4.14. The number of nitrogens with zero attached hydrogens (tertiary/aromatic N) is 2. The quantitative estimate of drug-likeness (QED) is 0.614. The van der Waals surface area contributed by atoms with Crippen LogP contribution in [0.25, 0.3) is 0 Å². The summed E-state index contributed by atoms with van der Waals surface area (Å²) in [6, 6.07) is 19.4. The molecule has 8 heteroatoms. The van der Waals surface area contributed by atoms with Crippen LogP contribution >= 0.6 is 0 Å². The third-order valence-electron chi connectivity index (χ3n) is 6.16. The van der Waals surface area contributed by atoms with Crippen molar-refractivity contribution in [2.24, 2.45) is 5.16 Å². The second-order valence-corrected chi connectivity index (χ2v) is 8.70. The van der Waals surface area contributed by atoms with E-state index in [0.29, 0.717) is 32.7 Å². The number of piperidine rings is 2. The minimum Gasteiger partial charge on any atom is -0.445 e. The normalized spacial score (nSPS) is 20.1. The Balaban J connectivity index is 1.12. The van der Waals surface area contributed by atoms with Gasteiger partial charge in [-0.3, -0.25) is 4.79 Å². The molecule has 2 amide bonds. The molecular formula is C26H32N4O4. The number of amides is 2. The van der Waals surface area contributed by atoms with Crippen LogP contribution in [0.1, 0.15) is 36.8 Å². The maximum absolute atomic E-state index is 12.7. The predicted molar refractivity (Wildman–Crippen MR) is 129 cm³/mol. The van der Waals surface area contributed by atoms with Crippen molar-refractivity contribution in [1.82, 2.24) is 15.5 Å². The summed E-state index contributed by atoms with van der Waals surface area (Å²) in [5.74, 6) is 0.00866. The van der Waals surface area contributed by atoms with Gasteiger partial charge < -0.3 is 25.1 Å². The fraction of sp³-hybridized carbons (Fsp3) is 0.423. The third-order valence-corrected chi connectivity index (χ3v) is 6.16. The van der Waals surface area contributed by atoms with E-state index in [9.17, 15) is 9.59 Å². The zero-order chi connectivity index (χ0) is 23.6.